The maximum atomic E-state index is 6.28. The van der Waals surface area contributed by atoms with E-state index >= 15 is 0 Å². The summed E-state index contributed by atoms with van der Waals surface area (Å²) in [5, 5.41) is 8.54. The molecule has 1 heterocycles. The Labute approximate surface area is 192 Å². The number of benzene rings is 5. The van der Waals surface area contributed by atoms with Crippen molar-refractivity contribution in [3.05, 3.63) is 108 Å². The molecule has 0 saturated heterocycles. The van der Waals surface area contributed by atoms with Crippen molar-refractivity contribution in [1.29, 1.82) is 0 Å². The van der Waals surface area contributed by atoms with Crippen LogP contribution in [0.4, 0.5) is 11.4 Å². The van der Waals surface area contributed by atoms with Crippen molar-refractivity contribution < 1.29 is 4.42 Å². The Bertz CT molecular complexity index is 1720. The van der Waals surface area contributed by atoms with Gasteiger partial charge in [0.15, 0.2) is 0 Å². The van der Waals surface area contributed by atoms with Gasteiger partial charge in [-0.2, -0.15) is 0 Å². The van der Waals surface area contributed by atoms with Gasteiger partial charge >= 0.3 is 0 Å². The normalized spacial score (nSPS) is 14.0. The molecule has 6 aromatic rings. The molecule has 0 fully saturated rings. The third kappa shape index (κ3) is 2.49. The van der Waals surface area contributed by atoms with Crippen LogP contribution >= 0.6 is 0 Å². The molecule has 0 unspecified atom stereocenters. The van der Waals surface area contributed by atoms with Gasteiger partial charge in [0.05, 0.1) is 11.1 Å². The molecule has 2 heteroatoms. The number of anilines is 2. The topological polar surface area (TPSA) is 25.2 Å². The van der Waals surface area contributed by atoms with Gasteiger partial charge in [0.1, 0.15) is 11.2 Å². The highest BCUT2D eigenvalue weighted by Gasteiger charge is 2.36. The minimum Gasteiger partial charge on any atom is -0.456 e. The summed E-state index contributed by atoms with van der Waals surface area (Å²) in [4.78, 5) is 0. The smallest absolute Gasteiger partial charge is 0.137 e. The van der Waals surface area contributed by atoms with Gasteiger partial charge in [-0.1, -0.05) is 86.6 Å². The zero-order valence-electron chi connectivity index (χ0n) is 18.6. The van der Waals surface area contributed by atoms with E-state index in [-0.39, 0.29) is 5.41 Å². The molecule has 7 rings (SSSR count). The summed E-state index contributed by atoms with van der Waals surface area (Å²) in [6, 6.07) is 34.4. The Balaban J connectivity index is 1.49. The molecule has 0 bridgehead atoms. The Kier molecular flexibility index (Phi) is 3.64. The fourth-order valence-corrected chi connectivity index (χ4v) is 5.69. The van der Waals surface area contributed by atoms with Crippen molar-refractivity contribution in [1.82, 2.24) is 0 Å². The quantitative estimate of drug-likeness (QED) is 0.300. The Morgan fingerprint density at radius 2 is 1.33 bits per heavy atom. The molecule has 0 radical (unpaired) electrons. The number of nitrogens with one attached hydrogen (secondary N) is 1. The Morgan fingerprint density at radius 3 is 2.27 bits per heavy atom. The first-order valence-corrected chi connectivity index (χ1v) is 11.5. The molecule has 1 N–H and O–H groups in total. The zero-order chi connectivity index (χ0) is 22.2. The van der Waals surface area contributed by atoms with Gasteiger partial charge in [-0.05, 0) is 51.7 Å². The molecule has 1 aliphatic carbocycles. The molecule has 0 atom stereocenters. The van der Waals surface area contributed by atoms with Crippen LogP contribution in [0.15, 0.2) is 101 Å². The molecule has 158 valence electrons. The van der Waals surface area contributed by atoms with E-state index in [0.717, 1.165) is 27.9 Å². The summed E-state index contributed by atoms with van der Waals surface area (Å²) in [7, 11) is 0. The molecular formula is C31H23NO. The van der Waals surface area contributed by atoms with Gasteiger partial charge in [0.25, 0.3) is 0 Å². The van der Waals surface area contributed by atoms with E-state index < -0.39 is 0 Å². The van der Waals surface area contributed by atoms with Crippen molar-refractivity contribution in [2.45, 2.75) is 19.3 Å². The third-order valence-electron chi connectivity index (χ3n) is 7.26. The lowest BCUT2D eigenvalue weighted by atomic mass is 9.82. The number of furan rings is 1. The van der Waals surface area contributed by atoms with Gasteiger partial charge in [-0.25, -0.2) is 0 Å². The van der Waals surface area contributed by atoms with Gasteiger partial charge in [-0.15, -0.1) is 0 Å². The minimum absolute atomic E-state index is 0.0197. The summed E-state index contributed by atoms with van der Waals surface area (Å²) < 4.78 is 6.28. The molecule has 1 aliphatic rings. The molecule has 33 heavy (non-hydrogen) atoms. The molecule has 0 aliphatic heterocycles. The summed E-state index contributed by atoms with van der Waals surface area (Å²) >= 11 is 0. The van der Waals surface area contributed by atoms with Crippen molar-refractivity contribution >= 4 is 44.1 Å². The number of hydrogen-bond donors (Lipinski definition) is 1. The van der Waals surface area contributed by atoms with E-state index in [9.17, 15) is 0 Å². The first-order chi connectivity index (χ1) is 16.1. The zero-order valence-corrected chi connectivity index (χ0v) is 18.6. The predicted octanol–water partition coefficient (Wildman–Crippen LogP) is 8.79. The van der Waals surface area contributed by atoms with Crippen LogP contribution in [0, 0.1) is 0 Å². The lowest BCUT2D eigenvalue weighted by Crippen LogP contribution is -2.14. The van der Waals surface area contributed by atoms with Crippen LogP contribution in [0.5, 0.6) is 0 Å². The standard InChI is InChI=1S/C31H23NO/c1-31(2)22-12-6-5-11-21(22)28-23(31)13-7-14-24(28)32-25-15-8-16-26-30(25)29-20-10-4-3-9-19(20)17-18-27(29)33-26/h3-18,32H,1-2H3. The first-order valence-electron chi connectivity index (χ1n) is 11.5. The largest absolute Gasteiger partial charge is 0.456 e. The van der Waals surface area contributed by atoms with Crippen LogP contribution in [0.25, 0.3) is 43.8 Å². The molecule has 0 amide bonds. The maximum Gasteiger partial charge on any atom is 0.137 e. The van der Waals surface area contributed by atoms with Crippen LogP contribution in [0.1, 0.15) is 25.0 Å². The number of fused-ring (bicyclic) bond motifs is 8. The molecule has 1 aromatic heterocycles. The van der Waals surface area contributed by atoms with Gasteiger partial charge in [0, 0.05) is 22.1 Å². The molecular weight excluding hydrogens is 402 g/mol. The molecule has 5 aromatic carbocycles. The Hall–Kier alpha value is -4.04. The summed E-state index contributed by atoms with van der Waals surface area (Å²) in [6.07, 6.45) is 0. The minimum atomic E-state index is -0.0197. The van der Waals surface area contributed by atoms with Gasteiger partial charge in [-0.3, -0.25) is 0 Å². The number of hydrogen-bond acceptors (Lipinski definition) is 2. The second kappa shape index (κ2) is 6.49. The van der Waals surface area contributed by atoms with Crippen molar-refractivity contribution in [3.63, 3.8) is 0 Å². The van der Waals surface area contributed by atoms with E-state index in [1.165, 1.54) is 38.4 Å². The van der Waals surface area contributed by atoms with Crippen LogP contribution in [-0.2, 0) is 5.41 Å². The molecule has 2 nitrogen and oxygen atoms in total. The first kappa shape index (κ1) is 18.5. The summed E-state index contributed by atoms with van der Waals surface area (Å²) in [5.74, 6) is 0. The van der Waals surface area contributed by atoms with Gasteiger partial charge in [0.2, 0.25) is 0 Å². The van der Waals surface area contributed by atoms with E-state index in [4.69, 9.17) is 4.42 Å². The fourth-order valence-electron chi connectivity index (χ4n) is 5.69. The summed E-state index contributed by atoms with van der Waals surface area (Å²) in [5.41, 5.74) is 9.36. The van der Waals surface area contributed by atoms with Crippen LogP contribution in [0.3, 0.4) is 0 Å². The highest BCUT2D eigenvalue weighted by Crippen LogP contribution is 2.52. The maximum absolute atomic E-state index is 6.28. The highest BCUT2D eigenvalue weighted by atomic mass is 16.3. The highest BCUT2D eigenvalue weighted by molar-refractivity contribution is 6.22. The molecule has 0 spiro atoms. The third-order valence-corrected chi connectivity index (χ3v) is 7.26. The van der Waals surface area contributed by atoms with Gasteiger partial charge < -0.3 is 9.73 Å². The van der Waals surface area contributed by atoms with E-state index in [2.05, 4.69) is 116 Å². The fraction of sp³-hybridized carbons (Fsp3) is 0.0968. The average Bonchev–Trinajstić information content (AvgIpc) is 3.34. The van der Waals surface area contributed by atoms with Crippen LogP contribution in [0.2, 0.25) is 0 Å². The molecule has 0 saturated carbocycles. The lowest BCUT2D eigenvalue weighted by molar-refractivity contribution is 0.660. The lowest BCUT2D eigenvalue weighted by Gasteiger charge is -2.21. The van der Waals surface area contributed by atoms with E-state index in [1.54, 1.807) is 0 Å². The van der Waals surface area contributed by atoms with Crippen LogP contribution < -0.4 is 5.32 Å². The monoisotopic (exact) mass is 425 g/mol. The van der Waals surface area contributed by atoms with E-state index in [1.807, 2.05) is 0 Å². The second-order valence-electron chi connectivity index (χ2n) is 9.46. The van der Waals surface area contributed by atoms with Crippen LogP contribution in [-0.4, -0.2) is 0 Å². The Morgan fingerprint density at radius 1 is 0.606 bits per heavy atom. The van der Waals surface area contributed by atoms with E-state index in [0.29, 0.717) is 0 Å². The summed E-state index contributed by atoms with van der Waals surface area (Å²) in [6.45, 7) is 4.63. The SMILES string of the molecule is CC1(C)c2ccccc2-c2c(Nc3cccc4oc5ccc6ccccc6c5c34)cccc21. The predicted molar refractivity (Wildman–Crippen MR) is 139 cm³/mol. The second-order valence-corrected chi connectivity index (χ2v) is 9.46. The average molecular weight is 426 g/mol. The number of rotatable bonds is 2. The van der Waals surface area contributed by atoms with Crippen molar-refractivity contribution in [2.75, 3.05) is 5.32 Å². The van der Waals surface area contributed by atoms with Crippen molar-refractivity contribution in [2.24, 2.45) is 0 Å². The van der Waals surface area contributed by atoms with Crippen molar-refractivity contribution in [3.8, 4) is 11.1 Å².